The van der Waals surface area contributed by atoms with Crippen molar-refractivity contribution < 1.29 is 9.53 Å². The quantitative estimate of drug-likeness (QED) is 0.547. The lowest BCUT2D eigenvalue weighted by atomic mass is 10.1. The summed E-state index contributed by atoms with van der Waals surface area (Å²) in [4.78, 5) is 12.0. The maximum Gasteiger partial charge on any atom is 0.361 e. The van der Waals surface area contributed by atoms with Gasteiger partial charge in [0, 0.05) is 29.2 Å². The molecule has 0 aliphatic heterocycles. The van der Waals surface area contributed by atoms with Crippen LogP contribution in [-0.4, -0.2) is 32.6 Å². The summed E-state index contributed by atoms with van der Waals surface area (Å²) in [5, 5.41) is 11.7. The largest absolute Gasteiger partial charge is 0.461 e. The first-order valence-electron chi connectivity index (χ1n) is 8.88. The van der Waals surface area contributed by atoms with Gasteiger partial charge in [-0.2, -0.15) is 10.3 Å². The number of H-pyrrole nitrogens is 1. The fraction of sp³-hybridized carbons (Fsp3) is 0.190. The van der Waals surface area contributed by atoms with E-state index in [1.54, 1.807) is 6.92 Å². The van der Waals surface area contributed by atoms with Gasteiger partial charge < -0.3 is 9.30 Å². The number of hydrogen-bond donors (Lipinski definition) is 1. The highest BCUT2D eigenvalue weighted by molar-refractivity contribution is 5.95. The van der Waals surface area contributed by atoms with Crippen LogP contribution in [0.1, 0.15) is 28.5 Å². The minimum Gasteiger partial charge on any atom is -0.461 e. The molecule has 0 spiro atoms. The monoisotopic (exact) mass is 360 g/mol. The van der Waals surface area contributed by atoms with Crippen LogP contribution >= 0.6 is 0 Å². The molecule has 2 aromatic heterocycles. The first kappa shape index (κ1) is 17.0. The van der Waals surface area contributed by atoms with Gasteiger partial charge in [0.2, 0.25) is 0 Å². The Bertz CT molecular complexity index is 1090. The standard InChI is InChI=1S/C21H20N4O2/c1-3-27-21(26)20-19(22-24-23-20)17-8-9-18-16(12-17)10-11-25(18)13-15-6-4-14(2)5-7-15/h4-12H,3,13H2,1-2H3,(H,22,23,24). The summed E-state index contributed by atoms with van der Waals surface area (Å²) in [5.74, 6) is -0.474. The van der Waals surface area contributed by atoms with Gasteiger partial charge in [0.25, 0.3) is 0 Å². The summed E-state index contributed by atoms with van der Waals surface area (Å²) >= 11 is 0. The molecular weight excluding hydrogens is 340 g/mol. The second-order valence-electron chi connectivity index (χ2n) is 6.44. The molecule has 0 radical (unpaired) electrons. The second-order valence-corrected chi connectivity index (χ2v) is 6.44. The summed E-state index contributed by atoms with van der Waals surface area (Å²) in [6.45, 7) is 4.96. The Morgan fingerprint density at radius 3 is 2.70 bits per heavy atom. The number of fused-ring (bicyclic) bond motifs is 1. The van der Waals surface area contributed by atoms with Crippen LogP contribution in [-0.2, 0) is 11.3 Å². The van der Waals surface area contributed by atoms with Crippen molar-refractivity contribution in [1.29, 1.82) is 0 Å². The molecule has 0 aliphatic rings. The molecule has 0 saturated heterocycles. The molecule has 4 rings (SSSR count). The SMILES string of the molecule is CCOC(=O)c1n[nH]nc1-c1ccc2c(ccn2Cc2ccc(C)cc2)c1. The van der Waals surface area contributed by atoms with E-state index in [9.17, 15) is 4.79 Å². The van der Waals surface area contributed by atoms with E-state index < -0.39 is 5.97 Å². The summed E-state index contributed by atoms with van der Waals surface area (Å²) in [6.07, 6.45) is 2.07. The number of hydrogen-bond acceptors (Lipinski definition) is 4. The number of aromatic nitrogens is 4. The van der Waals surface area contributed by atoms with Gasteiger partial charge in [0.05, 0.1) is 6.61 Å². The lowest BCUT2D eigenvalue weighted by Crippen LogP contribution is -2.06. The fourth-order valence-corrected chi connectivity index (χ4v) is 3.15. The summed E-state index contributed by atoms with van der Waals surface area (Å²) in [7, 11) is 0. The van der Waals surface area contributed by atoms with Gasteiger partial charge in [-0.1, -0.05) is 35.9 Å². The average Bonchev–Trinajstić information content (AvgIpc) is 3.31. The Kier molecular flexibility index (Phi) is 4.46. The van der Waals surface area contributed by atoms with E-state index in [0.717, 1.165) is 23.0 Å². The van der Waals surface area contributed by atoms with Crippen LogP contribution in [0, 0.1) is 6.92 Å². The molecule has 0 fully saturated rings. The molecule has 0 unspecified atom stereocenters. The number of ether oxygens (including phenoxy) is 1. The lowest BCUT2D eigenvalue weighted by Gasteiger charge is -2.07. The second kappa shape index (κ2) is 7.07. The third-order valence-corrected chi connectivity index (χ3v) is 4.53. The lowest BCUT2D eigenvalue weighted by molar-refractivity contribution is 0.0520. The summed E-state index contributed by atoms with van der Waals surface area (Å²) in [6, 6.07) is 16.6. The Labute approximate surface area is 156 Å². The van der Waals surface area contributed by atoms with Crippen LogP contribution in [0.2, 0.25) is 0 Å². The Morgan fingerprint density at radius 2 is 1.93 bits per heavy atom. The molecule has 0 amide bonds. The zero-order chi connectivity index (χ0) is 18.8. The van der Waals surface area contributed by atoms with Crippen LogP contribution in [0.25, 0.3) is 22.2 Å². The van der Waals surface area contributed by atoms with Crippen molar-refractivity contribution in [1.82, 2.24) is 20.0 Å². The van der Waals surface area contributed by atoms with E-state index in [1.165, 1.54) is 11.1 Å². The predicted molar refractivity (Wildman–Crippen MR) is 104 cm³/mol. The zero-order valence-electron chi connectivity index (χ0n) is 15.3. The molecule has 0 aliphatic carbocycles. The van der Waals surface area contributed by atoms with Gasteiger partial charge in [-0.25, -0.2) is 4.79 Å². The number of rotatable bonds is 5. The number of carbonyl (C=O) groups excluding carboxylic acids is 1. The van der Waals surface area contributed by atoms with Crippen molar-refractivity contribution in [3.05, 3.63) is 71.5 Å². The van der Waals surface area contributed by atoms with Gasteiger partial charge in [0.1, 0.15) is 5.69 Å². The Morgan fingerprint density at radius 1 is 1.11 bits per heavy atom. The average molecular weight is 360 g/mol. The van der Waals surface area contributed by atoms with Crippen LogP contribution < -0.4 is 0 Å². The summed E-state index contributed by atoms with van der Waals surface area (Å²) < 4.78 is 7.26. The maximum absolute atomic E-state index is 12.0. The van der Waals surface area contributed by atoms with Gasteiger partial charge in [-0.05, 0) is 37.6 Å². The van der Waals surface area contributed by atoms with E-state index >= 15 is 0 Å². The molecule has 136 valence electrons. The third kappa shape index (κ3) is 3.33. The van der Waals surface area contributed by atoms with Crippen LogP contribution in [0.3, 0.4) is 0 Å². The molecular formula is C21H20N4O2. The zero-order valence-corrected chi connectivity index (χ0v) is 15.3. The number of nitrogens with zero attached hydrogens (tertiary/aromatic N) is 3. The van der Waals surface area contributed by atoms with Gasteiger partial charge in [-0.15, -0.1) is 5.10 Å². The Balaban J connectivity index is 1.66. The van der Waals surface area contributed by atoms with Crippen molar-refractivity contribution >= 4 is 16.9 Å². The number of carbonyl (C=O) groups is 1. The number of benzene rings is 2. The van der Waals surface area contributed by atoms with Crippen LogP contribution in [0.4, 0.5) is 0 Å². The van der Waals surface area contributed by atoms with E-state index in [4.69, 9.17) is 4.74 Å². The Hall–Kier alpha value is -3.41. The smallest absolute Gasteiger partial charge is 0.361 e. The van der Waals surface area contributed by atoms with Crippen LogP contribution in [0.15, 0.2) is 54.7 Å². The number of aryl methyl sites for hydroxylation is 1. The molecule has 2 heterocycles. The number of nitrogens with one attached hydrogen (secondary N) is 1. The fourth-order valence-electron chi connectivity index (χ4n) is 3.15. The molecule has 0 atom stereocenters. The van der Waals surface area contributed by atoms with Crippen molar-refractivity contribution in [2.45, 2.75) is 20.4 Å². The van der Waals surface area contributed by atoms with Crippen molar-refractivity contribution in [2.75, 3.05) is 6.61 Å². The molecule has 4 aromatic rings. The van der Waals surface area contributed by atoms with E-state index in [1.807, 2.05) is 18.2 Å². The van der Waals surface area contributed by atoms with E-state index in [-0.39, 0.29) is 5.69 Å². The number of esters is 1. The maximum atomic E-state index is 12.0. The molecule has 1 N–H and O–H groups in total. The van der Waals surface area contributed by atoms with E-state index in [0.29, 0.717) is 12.3 Å². The molecule has 6 heteroatoms. The normalized spacial score (nSPS) is 11.0. The summed E-state index contributed by atoms with van der Waals surface area (Å²) in [5.41, 5.74) is 5.17. The highest BCUT2D eigenvalue weighted by atomic mass is 16.5. The number of aromatic amines is 1. The van der Waals surface area contributed by atoms with Gasteiger partial charge in [0.15, 0.2) is 5.69 Å². The van der Waals surface area contributed by atoms with Gasteiger partial charge >= 0.3 is 5.97 Å². The highest BCUT2D eigenvalue weighted by Gasteiger charge is 2.19. The van der Waals surface area contributed by atoms with Crippen molar-refractivity contribution in [3.63, 3.8) is 0 Å². The van der Waals surface area contributed by atoms with Crippen LogP contribution in [0.5, 0.6) is 0 Å². The van der Waals surface area contributed by atoms with Crippen molar-refractivity contribution in [2.24, 2.45) is 0 Å². The minimum absolute atomic E-state index is 0.204. The first-order valence-corrected chi connectivity index (χ1v) is 8.88. The highest BCUT2D eigenvalue weighted by Crippen LogP contribution is 2.26. The first-order chi connectivity index (χ1) is 13.2. The molecule has 0 saturated carbocycles. The topological polar surface area (TPSA) is 72.8 Å². The molecule has 2 aromatic carbocycles. The molecule has 0 bridgehead atoms. The third-order valence-electron chi connectivity index (χ3n) is 4.53. The minimum atomic E-state index is -0.474. The van der Waals surface area contributed by atoms with Crippen molar-refractivity contribution in [3.8, 4) is 11.3 Å². The molecule has 6 nitrogen and oxygen atoms in total. The van der Waals surface area contributed by atoms with E-state index in [2.05, 4.69) is 63.4 Å². The predicted octanol–water partition coefficient (Wildman–Crippen LogP) is 3.96. The van der Waals surface area contributed by atoms with Gasteiger partial charge in [-0.3, -0.25) is 0 Å². The molecule has 27 heavy (non-hydrogen) atoms.